The first-order valence-corrected chi connectivity index (χ1v) is 7.01. The van der Waals surface area contributed by atoms with Gasteiger partial charge in [-0.2, -0.15) is 0 Å². The Kier molecular flexibility index (Phi) is 3.37. The maximum atomic E-state index is 6.15. The minimum atomic E-state index is 0.395. The van der Waals surface area contributed by atoms with Crippen LogP contribution in [0.25, 0.3) is 0 Å². The van der Waals surface area contributed by atoms with Gasteiger partial charge in [-0.15, -0.1) is 0 Å². The fourth-order valence-electron chi connectivity index (χ4n) is 2.81. The maximum absolute atomic E-state index is 6.15. The lowest BCUT2D eigenvalue weighted by molar-refractivity contribution is 0.269. The largest absolute Gasteiger partial charge is 0.370 e. The third-order valence-corrected chi connectivity index (χ3v) is 4.82. The third kappa shape index (κ3) is 2.58. The molecular weight excluding hydrogens is 210 g/mol. The topological polar surface area (TPSA) is 41.6 Å². The van der Waals surface area contributed by atoms with E-state index in [1.54, 1.807) is 0 Å². The summed E-state index contributed by atoms with van der Waals surface area (Å²) in [6, 6.07) is 0.458. The zero-order valence-corrected chi connectivity index (χ0v) is 11.7. The summed E-state index contributed by atoms with van der Waals surface area (Å²) in [4.78, 5) is 7.01. The van der Waals surface area contributed by atoms with Crippen LogP contribution in [0.2, 0.25) is 0 Å². The van der Waals surface area contributed by atoms with Crippen molar-refractivity contribution in [2.45, 2.75) is 53.0 Å². The van der Waals surface area contributed by atoms with Crippen molar-refractivity contribution >= 4 is 5.96 Å². The molecule has 2 aliphatic rings. The molecule has 2 N–H and O–H groups in total. The molecule has 2 rings (SSSR count). The predicted molar refractivity (Wildman–Crippen MR) is 72.9 cm³/mol. The average molecular weight is 237 g/mol. The highest BCUT2D eigenvalue weighted by Crippen LogP contribution is 2.53. The van der Waals surface area contributed by atoms with Gasteiger partial charge in [-0.25, -0.2) is 4.99 Å². The van der Waals surface area contributed by atoms with E-state index in [9.17, 15) is 0 Å². The normalized spacial score (nSPS) is 38.6. The van der Waals surface area contributed by atoms with E-state index in [1.807, 2.05) is 0 Å². The highest BCUT2D eigenvalue weighted by molar-refractivity contribution is 5.78. The molecule has 0 aromatic heterocycles. The Labute approximate surface area is 105 Å². The molecule has 0 amide bonds. The van der Waals surface area contributed by atoms with Crippen LogP contribution >= 0.6 is 0 Å². The fourth-order valence-corrected chi connectivity index (χ4v) is 2.81. The lowest BCUT2D eigenvalue weighted by Crippen LogP contribution is -2.43. The van der Waals surface area contributed by atoms with Gasteiger partial charge < -0.3 is 10.6 Å². The van der Waals surface area contributed by atoms with Gasteiger partial charge in [0.25, 0.3) is 0 Å². The van der Waals surface area contributed by atoms with Crippen LogP contribution in [0.5, 0.6) is 0 Å². The first-order valence-electron chi connectivity index (χ1n) is 7.01. The number of hydrogen-bond donors (Lipinski definition) is 1. The number of rotatable bonds is 2. The number of nitrogens with two attached hydrogens (primary N) is 1. The highest BCUT2D eigenvalue weighted by Gasteiger charge is 2.52. The Morgan fingerprint density at radius 1 is 1.47 bits per heavy atom. The molecule has 0 radical (unpaired) electrons. The average Bonchev–Trinajstić information content (AvgIpc) is 2.91. The number of aliphatic imine (C=N–C) groups is 1. The second kappa shape index (κ2) is 4.51. The van der Waals surface area contributed by atoms with Crippen molar-refractivity contribution in [1.82, 2.24) is 4.90 Å². The quantitative estimate of drug-likeness (QED) is 0.592. The Morgan fingerprint density at radius 3 is 2.71 bits per heavy atom. The predicted octanol–water partition coefficient (Wildman–Crippen LogP) is 2.47. The standard InChI is InChI=1S/C14H27N3/c1-10(2)14(4)8-12(14)16-13(15)17-7-5-6-11(3)9-17/h10-12H,5-9H2,1-4H3,(H2,15,16). The van der Waals surface area contributed by atoms with Crippen molar-refractivity contribution in [2.75, 3.05) is 13.1 Å². The molecular formula is C14H27N3. The van der Waals surface area contributed by atoms with Gasteiger partial charge in [-0.05, 0) is 36.5 Å². The fraction of sp³-hybridized carbons (Fsp3) is 0.929. The Bertz CT molecular complexity index is 311. The van der Waals surface area contributed by atoms with Crippen LogP contribution in [0.15, 0.2) is 4.99 Å². The molecule has 1 aliphatic carbocycles. The van der Waals surface area contributed by atoms with E-state index in [2.05, 4.69) is 32.6 Å². The lowest BCUT2D eigenvalue weighted by atomic mass is 9.94. The molecule has 3 atom stereocenters. The van der Waals surface area contributed by atoms with Crippen LogP contribution in [-0.2, 0) is 0 Å². The van der Waals surface area contributed by atoms with E-state index in [0.29, 0.717) is 17.4 Å². The van der Waals surface area contributed by atoms with Crippen LogP contribution in [0.1, 0.15) is 47.0 Å². The zero-order valence-electron chi connectivity index (χ0n) is 11.7. The van der Waals surface area contributed by atoms with E-state index in [-0.39, 0.29) is 0 Å². The molecule has 0 spiro atoms. The van der Waals surface area contributed by atoms with Crippen molar-refractivity contribution in [3.8, 4) is 0 Å². The van der Waals surface area contributed by atoms with E-state index in [1.165, 1.54) is 19.3 Å². The van der Waals surface area contributed by atoms with E-state index < -0.39 is 0 Å². The molecule has 1 saturated heterocycles. The monoisotopic (exact) mass is 237 g/mol. The molecule has 1 saturated carbocycles. The van der Waals surface area contributed by atoms with Crippen molar-refractivity contribution in [2.24, 2.45) is 28.0 Å². The lowest BCUT2D eigenvalue weighted by Gasteiger charge is -2.31. The summed E-state index contributed by atoms with van der Waals surface area (Å²) < 4.78 is 0. The molecule has 3 heteroatoms. The summed E-state index contributed by atoms with van der Waals surface area (Å²) in [7, 11) is 0. The molecule has 0 aromatic rings. The molecule has 17 heavy (non-hydrogen) atoms. The first-order chi connectivity index (χ1) is 7.93. The second-order valence-electron chi connectivity index (χ2n) is 6.56. The third-order valence-electron chi connectivity index (χ3n) is 4.82. The summed E-state index contributed by atoms with van der Waals surface area (Å²) in [6.07, 6.45) is 3.79. The molecule has 1 heterocycles. The van der Waals surface area contributed by atoms with Gasteiger partial charge in [-0.1, -0.05) is 27.7 Å². The van der Waals surface area contributed by atoms with Crippen molar-refractivity contribution in [3.05, 3.63) is 0 Å². The summed E-state index contributed by atoms with van der Waals surface area (Å²) in [6.45, 7) is 11.4. The number of nitrogens with zero attached hydrogens (tertiary/aromatic N) is 2. The number of likely N-dealkylation sites (tertiary alicyclic amines) is 1. The Hall–Kier alpha value is -0.730. The summed E-state index contributed by atoms with van der Waals surface area (Å²) in [5.74, 6) is 2.24. The van der Waals surface area contributed by atoms with Crippen molar-refractivity contribution in [1.29, 1.82) is 0 Å². The Morgan fingerprint density at radius 2 is 2.18 bits per heavy atom. The van der Waals surface area contributed by atoms with E-state index in [0.717, 1.165) is 25.0 Å². The van der Waals surface area contributed by atoms with Crippen LogP contribution < -0.4 is 5.73 Å². The van der Waals surface area contributed by atoms with E-state index >= 15 is 0 Å². The van der Waals surface area contributed by atoms with E-state index in [4.69, 9.17) is 10.7 Å². The molecule has 0 bridgehead atoms. The van der Waals surface area contributed by atoms with Gasteiger partial charge >= 0.3 is 0 Å². The van der Waals surface area contributed by atoms with Gasteiger partial charge in [0.15, 0.2) is 5.96 Å². The van der Waals surface area contributed by atoms with Gasteiger partial charge in [0.2, 0.25) is 0 Å². The number of hydrogen-bond acceptors (Lipinski definition) is 1. The van der Waals surface area contributed by atoms with Gasteiger partial charge in [0.1, 0.15) is 0 Å². The van der Waals surface area contributed by atoms with Crippen LogP contribution in [-0.4, -0.2) is 30.0 Å². The minimum absolute atomic E-state index is 0.395. The molecule has 2 fully saturated rings. The molecule has 3 nitrogen and oxygen atoms in total. The van der Waals surface area contributed by atoms with Gasteiger partial charge in [0.05, 0.1) is 6.04 Å². The van der Waals surface area contributed by atoms with Crippen molar-refractivity contribution in [3.63, 3.8) is 0 Å². The summed E-state index contributed by atoms with van der Waals surface area (Å²) >= 11 is 0. The molecule has 1 aliphatic heterocycles. The maximum Gasteiger partial charge on any atom is 0.191 e. The molecule has 98 valence electrons. The van der Waals surface area contributed by atoms with Gasteiger partial charge in [-0.3, -0.25) is 0 Å². The number of guanidine groups is 1. The van der Waals surface area contributed by atoms with Gasteiger partial charge in [0, 0.05) is 13.1 Å². The molecule has 0 aromatic carbocycles. The van der Waals surface area contributed by atoms with Crippen molar-refractivity contribution < 1.29 is 0 Å². The van der Waals surface area contributed by atoms with Crippen LogP contribution in [0.3, 0.4) is 0 Å². The summed E-state index contributed by atoms with van der Waals surface area (Å²) in [5.41, 5.74) is 6.54. The van der Waals surface area contributed by atoms with Crippen LogP contribution in [0, 0.1) is 17.3 Å². The molecule has 3 unspecified atom stereocenters. The zero-order chi connectivity index (χ0) is 12.6. The number of piperidine rings is 1. The minimum Gasteiger partial charge on any atom is -0.370 e. The second-order valence-corrected chi connectivity index (χ2v) is 6.56. The first kappa shape index (κ1) is 12.7. The smallest absolute Gasteiger partial charge is 0.191 e. The summed E-state index contributed by atoms with van der Waals surface area (Å²) in [5, 5.41) is 0. The highest BCUT2D eigenvalue weighted by atomic mass is 15.3. The Balaban J connectivity index is 1.94. The van der Waals surface area contributed by atoms with Crippen LogP contribution in [0.4, 0.5) is 0 Å². The SMILES string of the molecule is CC1CCCN(C(N)=NC2CC2(C)C(C)C)C1.